The normalized spacial score (nSPS) is 11.7. The number of carbonyl (C=O) groups excluding carboxylic acids is 1. The predicted molar refractivity (Wildman–Crippen MR) is 75.4 cm³/mol. The SMILES string of the molecule is CNC(Cc1ccc([N+](=O)[O-])cc1)C(=O)OC.O=C(O)C(F)(F)F. The van der Waals surface area contributed by atoms with Crippen molar-refractivity contribution in [1.82, 2.24) is 5.32 Å². The van der Waals surface area contributed by atoms with Gasteiger partial charge < -0.3 is 15.2 Å². The molecule has 2 N–H and O–H groups in total. The molecule has 0 saturated carbocycles. The van der Waals surface area contributed by atoms with Gasteiger partial charge in [0.15, 0.2) is 0 Å². The Labute approximate surface area is 134 Å². The van der Waals surface area contributed by atoms with Crippen molar-refractivity contribution in [2.45, 2.75) is 18.6 Å². The average Bonchev–Trinajstić information content (AvgIpc) is 2.51. The average molecular weight is 352 g/mol. The van der Waals surface area contributed by atoms with E-state index in [1.807, 2.05) is 0 Å². The predicted octanol–water partition coefficient (Wildman–Crippen LogP) is 1.53. The zero-order chi connectivity index (χ0) is 18.9. The summed E-state index contributed by atoms with van der Waals surface area (Å²) in [4.78, 5) is 30.2. The monoisotopic (exact) mass is 352 g/mol. The van der Waals surface area contributed by atoms with Gasteiger partial charge in [0.25, 0.3) is 5.69 Å². The van der Waals surface area contributed by atoms with Crippen molar-refractivity contribution in [3.05, 3.63) is 39.9 Å². The van der Waals surface area contributed by atoms with Crippen molar-refractivity contribution in [2.75, 3.05) is 14.2 Å². The number of carboxylic acids is 1. The quantitative estimate of drug-likeness (QED) is 0.468. The van der Waals surface area contributed by atoms with E-state index in [2.05, 4.69) is 10.1 Å². The molecular formula is C13H15F3N2O6. The van der Waals surface area contributed by atoms with Crippen LogP contribution < -0.4 is 5.32 Å². The number of esters is 1. The highest BCUT2D eigenvalue weighted by molar-refractivity contribution is 5.76. The minimum atomic E-state index is -5.08. The number of ether oxygens (including phenoxy) is 1. The van der Waals surface area contributed by atoms with E-state index in [1.54, 1.807) is 19.2 Å². The number of non-ortho nitro benzene ring substituents is 1. The third kappa shape index (κ3) is 7.54. The molecule has 1 atom stereocenters. The fourth-order valence-electron chi connectivity index (χ4n) is 1.43. The number of halogens is 3. The largest absolute Gasteiger partial charge is 0.490 e. The zero-order valence-electron chi connectivity index (χ0n) is 12.7. The lowest BCUT2D eigenvalue weighted by atomic mass is 10.1. The first-order valence-electron chi connectivity index (χ1n) is 6.31. The van der Waals surface area contributed by atoms with Gasteiger partial charge in [-0.05, 0) is 19.0 Å². The number of benzene rings is 1. The van der Waals surface area contributed by atoms with Gasteiger partial charge in [0.05, 0.1) is 12.0 Å². The Bertz CT molecular complexity index is 574. The van der Waals surface area contributed by atoms with Crippen LogP contribution in [0.2, 0.25) is 0 Å². The fraction of sp³-hybridized carbons (Fsp3) is 0.385. The Hall–Kier alpha value is -2.69. The number of carboxylic acid groups (broad SMARTS) is 1. The van der Waals surface area contributed by atoms with E-state index in [0.29, 0.717) is 6.42 Å². The maximum atomic E-state index is 11.3. The van der Waals surface area contributed by atoms with Gasteiger partial charge in [-0.2, -0.15) is 13.2 Å². The number of nitro groups is 1. The molecule has 24 heavy (non-hydrogen) atoms. The van der Waals surface area contributed by atoms with Crippen LogP contribution in [0.3, 0.4) is 0 Å². The molecule has 1 aromatic rings. The van der Waals surface area contributed by atoms with Crippen molar-refractivity contribution < 1.29 is 37.5 Å². The van der Waals surface area contributed by atoms with Gasteiger partial charge in [-0.3, -0.25) is 14.9 Å². The molecule has 0 bridgehead atoms. The molecule has 8 nitrogen and oxygen atoms in total. The number of rotatable bonds is 5. The van der Waals surface area contributed by atoms with Crippen LogP contribution in [0.5, 0.6) is 0 Å². The molecule has 0 saturated heterocycles. The van der Waals surface area contributed by atoms with E-state index in [0.717, 1.165) is 5.56 Å². The molecule has 0 fully saturated rings. The first-order chi connectivity index (χ1) is 11.0. The van der Waals surface area contributed by atoms with Crippen molar-refractivity contribution in [1.29, 1.82) is 0 Å². The lowest BCUT2D eigenvalue weighted by molar-refractivity contribution is -0.384. The second kappa shape index (κ2) is 9.45. The van der Waals surface area contributed by atoms with E-state index >= 15 is 0 Å². The number of likely N-dealkylation sites (N-methyl/N-ethyl adjacent to an activating group) is 1. The lowest BCUT2D eigenvalue weighted by Crippen LogP contribution is -2.36. The number of nitrogens with one attached hydrogen (secondary N) is 1. The van der Waals surface area contributed by atoms with Crippen LogP contribution >= 0.6 is 0 Å². The number of carbonyl (C=O) groups is 2. The van der Waals surface area contributed by atoms with E-state index in [4.69, 9.17) is 9.90 Å². The number of alkyl halides is 3. The summed E-state index contributed by atoms with van der Waals surface area (Å²) in [7, 11) is 2.98. The highest BCUT2D eigenvalue weighted by atomic mass is 19.4. The highest BCUT2D eigenvalue weighted by Gasteiger charge is 2.38. The highest BCUT2D eigenvalue weighted by Crippen LogP contribution is 2.14. The molecule has 0 amide bonds. The van der Waals surface area contributed by atoms with Crippen LogP contribution in [-0.4, -0.2) is 48.3 Å². The van der Waals surface area contributed by atoms with Crippen molar-refractivity contribution >= 4 is 17.6 Å². The molecule has 0 aliphatic rings. The minimum absolute atomic E-state index is 0.0350. The second-order valence-corrected chi connectivity index (χ2v) is 4.30. The summed E-state index contributed by atoms with van der Waals surface area (Å²) in [5, 5.41) is 20.4. The van der Waals surface area contributed by atoms with Crippen molar-refractivity contribution in [3.63, 3.8) is 0 Å². The van der Waals surface area contributed by atoms with Crippen LogP contribution in [-0.2, 0) is 20.7 Å². The summed E-state index contributed by atoms with van der Waals surface area (Å²) in [6, 6.07) is 5.65. The summed E-state index contributed by atoms with van der Waals surface area (Å²) in [6.07, 6.45) is -4.65. The Balaban J connectivity index is 0.000000640. The fourth-order valence-corrected chi connectivity index (χ4v) is 1.43. The zero-order valence-corrected chi connectivity index (χ0v) is 12.7. The molecular weight excluding hydrogens is 337 g/mol. The summed E-state index contributed by atoms with van der Waals surface area (Å²) >= 11 is 0. The summed E-state index contributed by atoms with van der Waals surface area (Å²) in [6.45, 7) is 0. The maximum absolute atomic E-state index is 11.3. The first kappa shape index (κ1) is 21.3. The van der Waals surface area contributed by atoms with E-state index in [-0.39, 0.29) is 11.7 Å². The second-order valence-electron chi connectivity index (χ2n) is 4.30. The molecule has 0 spiro atoms. The number of nitro benzene ring substituents is 1. The Kier molecular flexibility index (Phi) is 8.39. The molecule has 134 valence electrons. The third-order valence-electron chi connectivity index (χ3n) is 2.66. The standard InChI is InChI=1S/C11H14N2O4.C2HF3O2/c1-12-10(11(14)17-2)7-8-3-5-9(6-4-8)13(15)16;3-2(4,5)1(6)7/h3-6,10,12H,7H2,1-2H3;(H,6,7). The minimum Gasteiger partial charge on any atom is -0.475 e. The van der Waals surface area contributed by atoms with Gasteiger partial charge in [0, 0.05) is 12.1 Å². The Morgan fingerprint density at radius 1 is 1.33 bits per heavy atom. The molecule has 1 rings (SSSR count). The number of hydrogen-bond donors (Lipinski definition) is 2. The number of methoxy groups -OCH3 is 1. The summed E-state index contributed by atoms with van der Waals surface area (Å²) in [5.74, 6) is -3.11. The summed E-state index contributed by atoms with van der Waals surface area (Å²) in [5.41, 5.74) is 0.869. The van der Waals surface area contributed by atoms with E-state index in [1.165, 1.54) is 19.2 Å². The third-order valence-corrected chi connectivity index (χ3v) is 2.66. The van der Waals surface area contributed by atoms with E-state index in [9.17, 15) is 28.1 Å². The van der Waals surface area contributed by atoms with Gasteiger partial charge in [0.1, 0.15) is 6.04 Å². The van der Waals surface area contributed by atoms with Crippen LogP contribution in [0.1, 0.15) is 5.56 Å². The van der Waals surface area contributed by atoms with Crippen molar-refractivity contribution in [3.8, 4) is 0 Å². The molecule has 0 aromatic heterocycles. The molecule has 0 aliphatic carbocycles. The Morgan fingerprint density at radius 3 is 2.08 bits per heavy atom. The summed E-state index contributed by atoms with van der Waals surface area (Å²) < 4.78 is 36.4. The molecule has 0 heterocycles. The molecule has 0 aliphatic heterocycles. The van der Waals surface area contributed by atoms with Gasteiger partial charge in [0.2, 0.25) is 0 Å². The first-order valence-corrected chi connectivity index (χ1v) is 6.31. The number of nitrogens with zero attached hydrogens (tertiary/aromatic N) is 1. The topological polar surface area (TPSA) is 119 Å². The van der Waals surface area contributed by atoms with Gasteiger partial charge in [-0.25, -0.2) is 4.79 Å². The maximum Gasteiger partial charge on any atom is 0.490 e. The lowest BCUT2D eigenvalue weighted by Gasteiger charge is -2.13. The van der Waals surface area contributed by atoms with E-state index < -0.39 is 23.1 Å². The number of hydrogen-bond acceptors (Lipinski definition) is 6. The van der Waals surface area contributed by atoms with Crippen LogP contribution in [0.25, 0.3) is 0 Å². The molecule has 0 radical (unpaired) electrons. The van der Waals surface area contributed by atoms with Crippen LogP contribution in [0.15, 0.2) is 24.3 Å². The smallest absolute Gasteiger partial charge is 0.475 e. The van der Waals surface area contributed by atoms with Crippen LogP contribution in [0.4, 0.5) is 18.9 Å². The Morgan fingerprint density at radius 2 is 1.79 bits per heavy atom. The van der Waals surface area contributed by atoms with Gasteiger partial charge in [-0.15, -0.1) is 0 Å². The molecule has 1 unspecified atom stereocenters. The van der Waals surface area contributed by atoms with Crippen LogP contribution in [0, 0.1) is 10.1 Å². The van der Waals surface area contributed by atoms with Crippen molar-refractivity contribution in [2.24, 2.45) is 0 Å². The molecule has 11 heteroatoms. The molecule has 1 aromatic carbocycles. The number of aliphatic carboxylic acids is 1. The van der Waals surface area contributed by atoms with Gasteiger partial charge in [-0.1, -0.05) is 12.1 Å². The van der Waals surface area contributed by atoms with Gasteiger partial charge >= 0.3 is 18.1 Å².